The maximum Gasteiger partial charge on any atom is 0.234 e. The Morgan fingerprint density at radius 3 is 2.95 bits per heavy atom. The number of halogens is 1. The molecule has 0 atom stereocenters. The highest BCUT2D eigenvalue weighted by atomic mass is 79.9. The zero-order valence-electron chi connectivity index (χ0n) is 10.8. The molecule has 0 aliphatic carbocycles. The lowest BCUT2D eigenvalue weighted by atomic mass is 10.3. The molecule has 7 heteroatoms. The molecule has 21 heavy (non-hydrogen) atoms. The molecule has 0 amide bonds. The van der Waals surface area contributed by atoms with Gasteiger partial charge >= 0.3 is 0 Å². The van der Waals surface area contributed by atoms with Gasteiger partial charge in [-0.2, -0.15) is 0 Å². The van der Waals surface area contributed by atoms with Gasteiger partial charge in [-0.15, -0.1) is 0 Å². The van der Waals surface area contributed by atoms with Crippen molar-refractivity contribution in [2.75, 3.05) is 0 Å². The van der Waals surface area contributed by atoms with Crippen LogP contribution in [0.5, 0.6) is 0 Å². The molecule has 0 aliphatic heterocycles. The number of aromatic nitrogens is 5. The van der Waals surface area contributed by atoms with Crippen LogP contribution in [0.4, 0.5) is 0 Å². The summed E-state index contributed by atoms with van der Waals surface area (Å²) in [7, 11) is 0. The van der Waals surface area contributed by atoms with Crippen molar-refractivity contribution in [3.05, 3.63) is 53.0 Å². The van der Waals surface area contributed by atoms with Gasteiger partial charge in [-0.3, -0.25) is 4.40 Å². The fraction of sp³-hybridized carbons (Fsp3) is 0.0714. The second-order valence-corrected chi connectivity index (χ2v) is 6.20. The van der Waals surface area contributed by atoms with E-state index in [1.54, 1.807) is 18.0 Å². The highest BCUT2D eigenvalue weighted by Gasteiger charge is 2.11. The van der Waals surface area contributed by atoms with E-state index in [4.69, 9.17) is 0 Å². The van der Waals surface area contributed by atoms with Gasteiger partial charge in [0.05, 0.1) is 16.7 Å². The van der Waals surface area contributed by atoms with E-state index in [0.29, 0.717) is 5.78 Å². The van der Waals surface area contributed by atoms with E-state index in [2.05, 4.69) is 35.9 Å². The predicted octanol–water partition coefficient (Wildman–Crippen LogP) is 3.66. The topological polar surface area (TPSA) is 58.9 Å². The monoisotopic (exact) mass is 359 g/mol. The van der Waals surface area contributed by atoms with E-state index in [1.165, 1.54) is 0 Å². The van der Waals surface area contributed by atoms with E-state index < -0.39 is 0 Å². The lowest BCUT2D eigenvalue weighted by Crippen LogP contribution is -1.85. The number of rotatable bonds is 3. The molecule has 0 bridgehead atoms. The normalized spacial score (nSPS) is 11.5. The summed E-state index contributed by atoms with van der Waals surface area (Å²) in [6, 6.07) is 9.90. The number of H-pyrrole nitrogens is 1. The van der Waals surface area contributed by atoms with E-state index in [9.17, 15) is 0 Å². The number of nitrogens with zero attached hydrogens (tertiary/aromatic N) is 4. The third kappa shape index (κ3) is 2.32. The van der Waals surface area contributed by atoms with Crippen molar-refractivity contribution in [1.82, 2.24) is 24.3 Å². The Kier molecular flexibility index (Phi) is 3.16. The minimum atomic E-state index is 0.699. The average Bonchev–Trinajstić information content (AvgIpc) is 3.07. The lowest BCUT2D eigenvalue weighted by Gasteiger charge is -1.95. The predicted molar refractivity (Wildman–Crippen MR) is 86.3 cm³/mol. The second kappa shape index (κ2) is 5.16. The van der Waals surface area contributed by atoms with E-state index in [1.807, 2.05) is 40.9 Å². The maximum atomic E-state index is 4.55. The van der Waals surface area contributed by atoms with Crippen molar-refractivity contribution in [2.45, 2.75) is 10.9 Å². The molecule has 4 rings (SSSR count). The zero-order valence-corrected chi connectivity index (χ0v) is 13.2. The Labute approximate surface area is 133 Å². The van der Waals surface area contributed by atoms with Crippen molar-refractivity contribution in [1.29, 1.82) is 0 Å². The molecule has 0 radical (unpaired) electrons. The number of benzene rings is 1. The molecule has 0 unspecified atom stereocenters. The van der Waals surface area contributed by atoms with Gasteiger partial charge in [0.1, 0.15) is 4.60 Å². The number of imidazole rings is 2. The average molecular weight is 360 g/mol. The summed E-state index contributed by atoms with van der Waals surface area (Å²) < 4.78 is 2.86. The smallest absolute Gasteiger partial charge is 0.234 e. The first-order valence-electron chi connectivity index (χ1n) is 6.36. The molecular formula is C14H10BrN5S. The number of fused-ring (bicyclic) bond motifs is 2. The van der Waals surface area contributed by atoms with Gasteiger partial charge in [0.25, 0.3) is 0 Å². The Morgan fingerprint density at radius 1 is 1.19 bits per heavy atom. The number of hydrogen-bond acceptors (Lipinski definition) is 4. The minimum absolute atomic E-state index is 0.699. The SMILES string of the molecule is Brc1c(CSc2nc3ccccc3[nH]2)nc2ncccn12. The highest BCUT2D eigenvalue weighted by molar-refractivity contribution is 9.10. The van der Waals surface area contributed by atoms with Crippen LogP contribution < -0.4 is 0 Å². The highest BCUT2D eigenvalue weighted by Crippen LogP contribution is 2.26. The summed E-state index contributed by atoms with van der Waals surface area (Å²) in [4.78, 5) is 16.6. The summed E-state index contributed by atoms with van der Waals surface area (Å²) in [5, 5.41) is 0.896. The molecule has 1 aromatic carbocycles. The number of aromatic amines is 1. The standard InChI is InChI=1S/C14H10BrN5S/c15-12-11(17-13-16-6-3-7-20(12)13)8-21-14-18-9-4-1-2-5-10(9)19-14/h1-7H,8H2,(H,18,19). The largest absolute Gasteiger partial charge is 0.333 e. The van der Waals surface area contributed by atoms with Crippen molar-refractivity contribution in [3.63, 3.8) is 0 Å². The van der Waals surface area contributed by atoms with Crippen LogP contribution in [0, 0.1) is 0 Å². The summed E-state index contributed by atoms with van der Waals surface area (Å²) in [6.45, 7) is 0. The Morgan fingerprint density at radius 2 is 2.10 bits per heavy atom. The summed E-state index contributed by atoms with van der Waals surface area (Å²) >= 11 is 5.20. The van der Waals surface area contributed by atoms with Crippen molar-refractivity contribution >= 4 is 44.5 Å². The Bertz CT molecular complexity index is 896. The molecule has 0 saturated heterocycles. The third-order valence-electron chi connectivity index (χ3n) is 3.12. The van der Waals surface area contributed by atoms with Crippen molar-refractivity contribution in [3.8, 4) is 0 Å². The second-order valence-electron chi connectivity index (χ2n) is 4.49. The van der Waals surface area contributed by atoms with Gasteiger partial charge in [0.15, 0.2) is 5.16 Å². The molecule has 104 valence electrons. The van der Waals surface area contributed by atoms with Crippen LogP contribution in [0.15, 0.2) is 52.5 Å². The molecular weight excluding hydrogens is 350 g/mol. The van der Waals surface area contributed by atoms with Gasteiger partial charge in [-0.25, -0.2) is 15.0 Å². The lowest BCUT2D eigenvalue weighted by molar-refractivity contribution is 1.07. The first-order chi connectivity index (χ1) is 10.3. The first kappa shape index (κ1) is 12.8. The fourth-order valence-electron chi connectivity index (χ4n) is 2.13. The van der Waals surface area contributed by atoms with Crippen LogP contribution in [-0.4, -0.2) is 24.3 Å². The van der Waals surface area contributed by atoms with Crippen LogP contribution in [0.3, 0.4) is 0 Å². The Hall–Kier alpha value is -1.86. The van der Waals surface area contributed by atoms with Gasteiger partial charge < -0.3 is 4.98 Å². The van der Waals surface area contributed by atoms with Crippen LogP contribution >= 0.6 is 27.7 Å². The number of para-hydroxylation sites is 2. The van der Waals surface area contributed by atoms with Gasteiger partial charge in [0, 0.05) is 18.1 Å². The molecule has 3 heterocycles. The zero-order chi connectivity index (χ0) is 14.2. The van der Waals surface area contributed by atoms with E-state index in [-0.39, 0.29) is 0 Å². The van der Waals surface area contributed by atoms with Crippen molar-refractivity contribution in [2.24, 2.45) is 0 Å². The molecule has 3 aromatic heterocycles. The van der Waals surface area contributed by atoms with E-state index in [0.717, 1.165) is 32.2 Å². The first-order valence-corrected chi connectivity index (χ1v) is 8.14. The number of thioether (sulfide) groups is 1. The fourth-order valence-corrected chi connectivity index (χ4v) is 3.64. The molecule has 0 spiro atoms. The summed E-state index contributed by atoms with van der Waals surface area (Å²) in [5.41, 5.74) is 2.99. The van der Waals surface area contributed by atoms with Gasteiger partial charge in [0.2, 0.25) is 5.78 Å². The minimum Gasteiger partial charge on any atom is -0.333 e. The quantitative estimate of drug-likeness (QED) is 0.567. The van der Waals surface area contributed by atoms with Crippen LogP contribution in [0.25, 0.3) is 16.8 Å². The molecule has 1 N–H and O–H groups in total. The van der Waals surface area contributed by atoms with E-state index >= 15 is 0 Å². The molecule has 4 aromatic rings. The van der Waals surface area contributed by atoms with Crippen LogP contribution in [-0.2, 0) is 5.75 Å². The van der Waals surface area contributed by atoms with Crippen LogP contribution in [0.2, 0.25) is 0 Å². The van der Waals surface area contributed by atoms with Crippen molar-refractivity contribution < 1.29 is 0 Å². The molecule has 0 fully saturated rings. The summed E-state index contributed by atoms with van der Waals surface area (Å²) in [5.74, 6) is 1.42. The number of nitrogens with one attached hydrogen (secondary N) is 1. The Balaban J connectivity index is 1.61. The maximum absolute atomic E-state index is 4.55. The number of hydrogen-bond donors (Lipinski definition) is 1. The third-order valence-corrected chi connectivity index (χ3v) is 4.85. The molecule has 5 nitrogen and oxygen atoms in total. The summed E-state index contributed by atoms with van der Waals surface area (Å²) in [6.07, 6.45) is 3.68. The molecule has 0 saturated carbocycles. The van der Waals surface area contributed by atoms with Gasteiger partial charge in [-0.1, -0.05) is 23.9 Å². The van der Waals surface area contributed by atoms with Crippen LogP contribution in [0.1, 0.15) is 5.69 Å². The molecule has 0 aliphatic rings. The van der Waals surface area contributed by atoms with Gasteiger partial charge in [-0.05, 0) is 34.1 Å².